The van der Waals surface area contributed by atoms with Gasteiger partial charge in [0, 0.05) is 13.1 Å². The average Bonchev–Trinajstić information content (AvgIpc) is 2.83. The van der Waals surface area contributed by atoms with E-state index in [0.717, 1.165) is 12.5 Å². The van der Waals surface area contributed by atoms with Crippen LogP contribution in [0.3, 0.4) is 0 Å². The standard InChI is InChI=1S/C15H30N2O2/c1-17-8-7-13(11-17)9-16-10-14(18)12-19-15-5-3-2-4-6-15/h13-16,18H,2-12H2,1H3. The maximum Gasteiger partial charge on any atom is 0.0897 e. The molecule has 2 atom stereocenters. The molecular weight excluding hydrogens is 240 g/mol. The van der Waals surface area contributed by atoms with Crippen molar-refractivity contribution in [3.05, 3.63) is 0 Å². The predicted octanol–water partition coefficient (Wildman–Crippen LogP) is 1.24. The van der Waals surface area contributed by atoms with Crippen molar-refractivity contribution in [3.63, 3.8) is 0 Å². The molecule has 1 heterocycles. The van der Waals surface area contributed by atoms with E-state index in [2.05, 4.69) is 17.3 Å². The molecule has 0 amide bonds. The number of aliphatic hydroxyl groups is 1. The molecule has 2 N–H and O–H groups in total. The molecule has 1 saturated heterocycles. The van der Waals surface area contributed by atoms with Gasteiger partial charge in [-0.05, 0) is 45.3 Å². The molecule has 112 valence electrons. The van der Waals surface area contributed by atoms with Crippen molar-refractivity contribution >= 4 is 0 Å². The molecule has 2 unspecified atom stereocenters. The smallest absolute Gasteiger partial charge is 0.0897 e. The number of aliphatic hydroxyl groups excluding tert-OH is 1. The number of nitrogens with one attached hydrogen (secondary N) is 1. The van der Waals surface area contributed by atoms with E-state index in [1.807, 2.05) is 0 Å². The van der Waals surface area contributed by atoms with Crippen molar-refractivity contribution in [3.8, 4) is 0 Å². The Hall–Kier alpha value is -0.160. The van der Waals surface area contributed by atoms with E-state index in [9.17, 15) is 5.11 Å². The predicted molar refractivity (Wildman–Crippen MR) is 77.3 cm³/mol. The number of hydrogen-bond acceptors (Lipinski definition) is 4. The van der Waals surface area contributed by atoms with Gasteiger partial charge in [0.15, 0.2) is 0 Å². The van der Waals surface area contributed by atoms with Crippen LogP contribution in [-0.4, -0.2) is 62.0 Å². The summed E-state index contributed by atoms with van der Waals surface area (Å²) in [5.41, 5.74) is 0. The lowest BCUT2D eigenvalue weighted by Crippen LogP contribution is -2.35. The molecule has 0 spiro atoms. The van der Waals surface area contributed by atoms with Crippen LogP contribution in [0.25, 0.3) is 0 Å². The first-order valence-electron chi connectivity index (χ1n) is 7.93. The lowest BCUT2D eigenvalue weighted by atomic mass is 9.98. The Labute approximate surface area is 117 Å². The molecule has 0 radical (unpaired) electrons. The molecule has 2 fully saturated rings. The Bertz CT molecular complexity index is 244. The molecule has 0 aromatic rings. The third-order valence-corrected chi connectivity index (χ3v) is 4.38. The highest BCUT2D eigenvalue weighted by Gasteiger charge is 2.19. The Kier molecular flexibility index (Phi) is 6.57. The molecule has 1 aliphatic heterocycles. The van der Waals surface area contributed by atoms with Crippen LogP contribution in [0.1, 0.15) is 38.5 Å². The van der Waals surface area contributed by atoms with Crippen molar-refractivity contribution in [2.75, 3.05) is 39.8 Å². The van der Waals surface area contributed by atoms with Crippen LogP contribution in [0.15, 0.2) is 0 Å². The molecular formula is C15H30N2O2. The quantitative estimate of drug-likeness (QED) is 0.730. The molecule has 19 heavy (non-hydrogen) atoms. The van der Waals surface area contributed by atoms with Crippen LogP contribution in [0.4, 0.5) is 0 Å². The summed E-state index contributed by atoms with van der Waals surface area (Å²) in [6, 6.07) is 0. The normalized spacial score (nSPS) is 27.8. The van der Waals surface area contributed by atoms with Crippen molar-refractivity contribution in [1.82, 2.24) is 10.2 Å². The second-order valence-electron chi connectivity index (χ2n) is 6.32. The van der Waals surface area contributed by atoms with Gasteiger partial charge in [-0.15, -0.1) is 0 Å². The fourth-order valence-electron chi connectivity index (χ4n) is 3.18. The van der Waals surface area contributed by atoms with Gasteiger partial charge in [-0.3, -0.25) is 0 Å². The first-order chi connectivity index (χ1) is 9.24. The molecule has 0 aromatic heterocycles. The van der Waals surface area contributed by atoms with Crippen LogP contribution < -0.4 is 5.32 Å². The van der Waals surface area contributed by atoms with Crippen molar-refractivity contribution in [2.45, 2.75) is 50.7 Å². The second kappa shape index (κ2) is 8.20. The lowest BCUT2D eigenvalue weighted by Gasteiger charge is -2.23. The lowest BCUT2D eigenvalue weighted by molar-refractivity contribution is -0.0230. The topological polar surface area (TPSA) is 44.7 Å². The van der Waals surface area contributed by atoms with Gasteiger partial charge >= 0.3 is 0 Å². The second-order valence-corrected chi connectivity index (χ2v) is 6.32. The van der Waals surface area contributed by atoms with Gasteiger partial charge in [0.1, 0.15) is 0 Å². The Morgan fingerprint density at radius 3 is 2.74 bits per heavy atom. The zero-order chi connectivity index (χ0) is 13.5. The minimum absolute atomic E-state index is 0.360. The maximum atomic E-state index is 9.91. The molecule has 4 heteroatoms. The van der Waals surface area contributed by atoms with E-state index in [1.54, 1.807) is 0 Å². The average molecular weight is 270 g/mol. The number of rotatable bonds is 7. The summed E-state index contributed by atoms with van der Waals surface area (Å²) >= 11 is 0. The monoisotopic (exact) mass is 270 g/mol. The fraction of sp³-hybridized carbons (Fsp3) is 1.00. The summed E-state index contributed by atoms with van der Waals surface area (Å²) in [7, 11) is 2.17. The van der Waals surface area contributed by atoms with Gasteiger partial charge in [-0.2, -0.15) is 0 Å². The Balaban J connectivity index is 1.48. The molecule has 2 aliphatic rings. The molecule has 1 saturated carbocycles. The summed E-state index contributed by atoms with van der Waals surface area (Å²) < 4.78 is 5.79. The van der Waals surface area contributed by atoms with Crippen molar-refractivity contribution < 1.29 is 9.84 Å². The van der Waals surface area contributed by atoms with Gasteiger partial charge < -0.3 is 20.1 Å². The highest BCUT2D eigenvalue weighted by Crippen LogP contribution is 2.20. The number of hydrogen-bond donors (Lipinski definition) is 2. The summed E-state index contributed by atoms with van der Waals surface area (Å²) in [6.07, 6.45) is 7.58. The van der Waals surface area contributed by atoms with Gasteiger partial charge in [0.25, 0.3) is 0 Å². The first kappa shape index (κ1) is 15.2. The van der Waals surface area contributed by atoms with E-state index >= 15 is 0 Å². The number of nitrogens with zero attached hydrogens (tertiary/aromatic N) is 1. The molecule has 1 aliphatic carbocycles. The van der Waals surface area contributed by atoms with E-state index < -0.39 is 0 Å². The largest absolute Gasteiger partial charge is 0.389 e. The van der Waals surface area contributed by atoms with Crippen molar-refractivity contribution in [2.24, 2.45) is 5.92 Å². The van der Waals surface area contributed by atoms with Gasteiger partial charge in [0.05, 0.1) is 18.8 Å². The molecule has 4 nitrogen and oxygen atoms in total. The number of ether oxygens (including phenoxy) is 1. The first-order valence-corrected chi connectivity index (χ1v) is 7.93. The van der Waals surface area contributed by atoms with Gasteiger partial charge in [0.2, 0.25) is 0 Å². The zero-order valence-electron chi connectivity index (χ0n) is 12.3. The summed E-state index contributed by atoms with van der Waals surface area (Å²) in [4.78, 5) is 2.37. The Morgan fingerprint density at radius 1 is 1.26 bits per heavy atom. The third kappa shape index (κ3) is 5.78. The molecule has 0 bridgehead atoms. The van der Waals surface area contributed by atoms with Crippen molar-refractivity contribution in [1.29, 1.82) is 0 Å². The number of likely N-dealkylation sites (tertiary alicyclic amines) is 1. The molecule has 0 aromatic carbocycles. The SMILES string of the molecule is CN1CCC(CNCC(O)COC2CCCCC2)C1. The maximum absolute atomic E-state index is 9.91. The molecule has 2 rings (SSSR count). The van der Waals surface area contributed by atoms with E-state index in [0.29, 0.717) is 19.3 Å². The third-order valence-electron chi connectivity index (χ3n) is 4.38. The minimum atomic E-state index is -0.360. The van der Waals surface area contributed by atoms with E-state index in [4.69, 9.17) is 4.74 Å². The van der Waals surface area contributed by atoms with Crippen LogP contribution in [0.2, 0.25) is 0 Å². The van der Waals surface area contributed by atoms with E-state index in [1.165, 1.54) is 51.6 Å². The highest BCUT2D eigenvalue weighted by molar-refractivity contribution is 4.75. The van der Waals surface area contributed by atoms with Crippen LogP contribution >= 0.6 is 0 Å². The highest BCUT2D eigenvalue weighted by atomic mass is 16.5. The van der Waals surface area contributed by atoms with Gasteiger partial charge in [-0.25, -0.2) is 0 Å². The van der Waals surface area contributed by atoms with Crippen LogP contribution in [0.5, 0.6) is 0 Å². The minimum Gasteiger partial charge on any atom is -0.389 e. The fourth-order valence-corrected chi connectivity index (χ4v) is 3.18. The van der Waals surface area contributed by atoms with Crippen LogP contribution in [-0.2, 0) is 4.74 Å². The van der Waals surface area contributed by atoms with Gasteiger partial charge in [-0.1, -0.05) is 19.3 Å². The summed E-state index contributed by atoms with van der Waals surface area (Å²) in [5, 5.41) is 13.3. The summed E-state index contributed by atoms with van der Waals surface area (Å²) in [5.74, 6) is 0.747. The zero-order valence-corrected chi connectivity index (χ0v) is 12.3. The summed E-state index contributed by atoms with van der Waals surface area (Å²) in [6.45, 7) is 4.56. The van der Waals surface area contributed by atoms with Crippen LogP contribution in [0, 0.1) is 5.92 Å². The Morgan fingerprint density at radius 2 is 2.05 bits per heavy atom. The van der Waals surface area contributed by atoms with E-state index in [-0.39, 0.29) is 6.10 Å².